The van der Waals surface area contributed by atoms with E-state index in [2.05, 4.69) is 27.6 Å². The van der Waals surface area contributed by atoms with Crippen molar-refractivity contribution in [3.63, 3.8) is 0 Å². The lowest BCUT2D eigenvalue weighted by Gasteiger charge is -2.11. The second-order valence-corrected chi connectivity index (χ2v) is 5.81. The number of phenols is 1. The van der Waals surface area contributed by atoms with Gasteiger partial charge in [0, 0.05) is 31.4 Å². The molecule has 0 amide bonds. The summed E-state index contributed by atoms with van der Waals surface area (Å²) in [6, 6.07) is 7.33. The van der Waals surface area contributed by atoms with Gasteiger partial charge in [0.25, 0.3) is 0 Å². The summed E-state index contributed by atoms with van der Waals surface area (Å²) in [4.78, 5) is 4.66. The Labute approximate surface area is 166 Å². The molecule has 0 aliphatic heterocycles. The van der Waals surface area contributed by atoms with Crippen LogP contribution in [0.5, 0.6) is 5.75 Å². The Hall–Kier alpha value is -1.77. The van der Waals surface area contributed by atoms with Gasteiger partial charge < -0.3 is 15.7 Å². The van der Waals surface area contributed by atoms with Crippen molar-refractivity contribution < 1.29 is 5.11 Å². The Morgan fingerprint density at radius 3 is 2.64 bits per heavy atom. The number of benzene rings is 1. The fourth-order valence-corrected chi connectivity index (χ4v) is 2.58. The molecule has 0 radical (unpaired) electrons. The quantitative estimate of drug-likeness (QED) is 0.354. The first kappa shape index (κ1) is 21.3. The molecule has 0 saturated carbocycles. The highest BCUT2D eigenvalue weighted by atomic mass is 127. The first-order chi connectivity index (χ1) is 11.5. The standard InChI is InChI=1S/C18H27N5O.HI/c1-5-19-18(20-10-9-15-7-6-8-16(24)11-15)21-12-17-13(2)22-23(4)14(17)3;/h6-8,11,24H,5,9-10,12H2,1-4H3,(H2,19,20,21);1H. The third-order valence-corrected chi connectivity index (χ3v) is 4.02. The minimum absolute atomic E-state index is 0. The lowest BCUT2D eigenvalue weighted by Crippen LogP contribution is -2.38. The molecule has 0 fully saturated rings. The molecule has 0 aliphatic rings. The lowest BCUT2D eigenvalue weighted by atomic mass is 10.1. The molecule has 3 N–H and O–H groups in total. The molecule has 0 spiro atoms. The average molecular weight is 457 g/mol. The van der Waals surface area contributed by atoms with Gasteiger partial charge in [0.2, 0.25) is 0 Å². The van der Waals surface area contributed by atoms with Crippen molar-refractivity contribution in [2.45, 2.75) is 33.7 Å². The third-order valence-electron chi connectivity index (χ3n) is 4.02. The predicted molar refractivity (Wildman–Crippen MR) is 113 cm³/mol. The zero-order valence-corrected chi connectivity index (χ0v) is 17.7. The average Bonchev–Trinajstić information content (AvgIpc) is 2.78. The van der Waals surface area contributed by atoms with E-state index in [1.807, 2.05) is 37.7 Å². The molecular formula is C18H28IN5O. The maximum absolute atomic E-state index is 9.51. The van der Waals surface area contributed by atoms with Gasteiger partial charge in [-0.3, -0.25) is 4.68 Å². The van der Waals surface area contributed by atoms with Crippen molar-refractivity contribution in [1.29, 1.82) is 0 Å². The van der Waals surface area contributed by atoms with Gasteiger partial charge in [0.05, 0.1) is 12.2 Å². The van der Waals surface area contributed by atoms with Crippen molar-refractivity contribution in [3.8, 4) is 5.75 Å². The van der Waals surface area contributed by atoms with Crippen molar-refractivity contribution >= 4 is 29.9 Å². The van der Waals surface area contributed by atoms with Gasteiger partial charge >= 0.3 is 0 Å². The summed E-state index contributed by atoms with van der Waals surface area (Å²) >= 11 is 0. The van der Waals surface area contributed by atoms with E-state index in [0.29, 0.717) is 12.3 Å². The molecular weight excluding hydrogens is 429 g/mol. The molecule has 7 heteroatoms. The molecule has 0 atom stereocenters. The van der Waals surface area contributed by atoms with Crippen molar-refractivity contribution in [3.05, 3.63) is 46.8 Å². The number of rotatable bonds is 6. The second kappa shape index (κ2) is 10.3. The van der Waals surface area contributed by atoms with E-state index < -0.39 is 0 Å². The van der Waals surface area contributed by atoms with Crippen LogP contribution in [0.2, 0.25) is 0 Å². The summed E-state index contributed by atoms with van der Waals surface area (Å²) in [5.41, 5.74) is 4.43. The van der Waals surface area contributed by atoms with Crippen LogP contribution in [0.4, 0.5) is 0 Å². The zero-order chi connectivity index (χ0) is 17.5. The van der Waals surface area contributed by atoms with Crippen LogP contribution >= 0.6 is 24.0 Å². The number of hydrogen-bond donors (Lipinski definition) is 3. The Kier molecular flexibility index (Phi) is 8.74. The zero-order valence-electron chi connectivity index (χ0n) is 15.3. The highest BCUT2D eigenvalue weighted by Gasteiger charge is 2.08. The Bertz CT molecular complexity index is 711. The number of nitrogens with zero attached hydrogens (tertiary/aromatic N) is 3. The Morgan fingerprint density at radius 1 is 1.28 bits per heavy atom. The molecule has 1 heterocycles. The van der Waals surface area contributed by atoms with E-state index in [4.69, 9.17) is 0 Å². The molecule has 2 aromatic rings. The predicted octanol–water partition coefficient (Wildman–Crippen LogP) is 2.66. The molecule has 6 nitrogen and oxygen atoms in total. The largest absolute Gasteiger partial charge is 0.508 e. The number of aromatic hydroxyl groups is 1. The summed E-state index contributed by atoms with van der Waals surface area (Å²) in [6.07, 6.45) is 0.823. The maximum Gasteiger partial charge on any atom is 0.191 e. The Morgan fingerprint density at radius 2 is 2.04 bits per heavy atom. The van der Waals surface area contributed by atoms with Crippen LogP contribution in [0.25, 0.3) is 0 Å². The highest BCUT2D eigenvalue weighted by molar-refractivity contribution is 14.0. The molecule has 0 bridgehead atoms. The van der Waals surface area contributed by atoms with Gasteiger partial charge in [-0.1, -0.05) is 12.1 Å². The fraction of sp³-hybridized carbons (Fsp3) is 0.444. The molecule has 25 heavy (non-hydrogen) atoms. The number of aliphatic imine (C=N–C) groups is 1. The summed E-state index contributed by atoms with van der Waals surface area (Å²) in [5, 5.41) is 20.5. The summed E-state index contributed by atoms with van der Waals surface area (Å²) < 4.78 is 1.89. The minimum Gasteiger partial charge on any atom is -0.508 e. The van der Waals surface area contributed by atoms with E-state index in [1.165, 1.54) is 5.56 Å². The van der Waals surface area contributed by atoms with Crippen LogP contribution < -0.4 is 10.6 Å². The van der Waals surface area contributed by atoms with Crippen LogP contribution in [0.3, 0.4) is 0 Å². The highest BCUT2D eigenvalue weighted by Crippen LogP contribution is 2.13. The number of hydrogen-bond acceptors (Lipinski definition) is 3. The van der Waals surface area contributed by atoms with Crippen LogP contribution in [-0.4, -0.2) is 33.9 Å². The van der Waals surface area contributed by atoms with Crippen LogP contribution in [0.1, 0.15) is 29.4 Å². The molecule has 0 saturated heterocycles. The monoisotopic (exact) mass is 457 g/mol. The topological polar surface area (TPSA) is 74.5 Å². The van der Waals surface area contributed by atoms with Crippen molar-refractivity contribution in [2.24, 2.45) is 12.0 Å². The SMILES string of the molecule is CCNC(=NCc1c(C)nn(C)c1C)NCCc1cccc(O)c1.I. The second-order valence-electron chi connectivity index (χ2n) is 5.81. The summed E-state index contributed by atoms with van der Waals surface area (Å²) in [5.74, 6) is 1.09. The van der Waals surface area contributed by atoms with E-state index in [9.17, 15) is 5.11 Å². The van der Waals surface area contributed by atoms with Crippen molar-refractivity contribution in [2.75, 3.05) is 13.1 Å². The van der Waals surface area contributed by atoms with Crippen LogP contribution in [0, 0.1) is 13.8 Å². The fourth-order valence-electron chi connectivity index (χ4n) is 2.58. The van der Waals surface area contributed by atoms with Gasteiger partial charge in [-0.05, 0) is 44.9 Å². The van der Waals surface area contributed by atoms with Crippen LogP contribution in [-0.2, 0) is 20.0 Å². The first-order valence-electron chi connectivity index (χ1n) is 8.30. The first-order valence-corrected chi connectivity index (χ1v) is 8.30. The van der Waals surface area contributed by atoms with Crippen molar-refractivity contribution in [1.82, 2.24) is 20.4 Å². The maximum atomic E-state index is 9.51. The van der Waals surface area contributed by atoms with E-state index in [1.54, 1.807) is 12.1 Å². The summed E-state index contributed by atoms with van der Waals surface area (Å²) in [6.45, 7) is 8.29. The van der Waals surface area contributed by atoms with Gasteiger partial charge in [-0.15, -0.1) is 24.0 Å². The Balaban J connectivity index is 0.00000312. The van der Waals surface area contributed by atoms with Crippen LogP contribution in [0.15, 0.2) is 29.3 Å². The number of guanidine groups is 1. The minimum atomic E-state index is 0. The smallest absolute Gasteiger partial charge is 0.191 e. The van der Waals surface area contributed by atoms with E-state index in [-0.39, 0.29) is 24.0 Å². The molecule has 0 aliphatic carbocycles. The van der Waals surface area contributed by atoms with Gasteiger partial charge in [-0.25, -0.2) is 4.99 Å². The molecule has 2 rings (SSSR count). The van der Waals surface area contributed by atoms with Gasteiger partial charge in [0.15, 0.2) is 5.96 Å². The normalized spacial score (nSPS) is 11.1. The van der Waals surface area contributed by atoms with E-state index >= 15 is 0 Å². The molecule has 138 valence electrons. The molecule has 0 unspecified atom stereocenters. The molecule has 1 aromatic carbocycles. The number of phenolic OH excluding ortho intramolecular Hbond substituents is 1. The lowest BCUT2D eigenvalue weighted by molar-refractivity contribution is 0.474. The van der Waals surface area contributed by atoms with Gasteiger partial charge in [0.1, 0.15) is 5.75 Å². The van der Waals surface area contributed by atoms with E-state index in [0.717, 1.165) is 42.4 Å². The number of aromatic nitrogens is 2. The molecule has 1 aromatic heterocycles. The number of aryl methyl sites for hydroxylation is 2. The van der Waals surface area contributed by atoms with Gasteiger partial charge in [-0.2, -0.15) is 5.10 Å². The summed E-state index contributed by atoms with van der Waals surface area (Å²) in [7, 11) is 1.95. The number of nitrogens with one attached hydrogen (secondary N) is 2. The third kappa shape index (κ3) is 6.22. The number of halogens is 1.